The van der Waals surface area contributed by atoms with Gasteiger partial charge in [0, 0.05) is 23.9 Å². The van der Waals surface area contributed by atoms with E-state index in [1.165, 1.54) is 4.68 Å². The Labute approximate surface area is 191 Å². The van der Waals surface area contributed by atoms with Gasteiger partial charge in [-0.15, -0.1) is 0 Å². The average molecular weight is 447 g/mol. The molecule has 0 aliphatic carbocycles. The molecule has 1 aromatic carbocycles. The molecule has 2 aromatic heterocycles. The molecule has 170 valence electrons. The third-order valence-corrected chi connectivity index (χ3v) is 4.99. The van der Waals surface area contributed by atoms with E-state index in [0.29, 0.717) is 23.1 Å². The Hall–Kier alpha value is -4.08. The standard InChI is InChI=1S/C23H25N7O3/c1-5-33-22(32)18-13-19(29(28-18)17-9-7-6-8-10-17)21(31)26-20-12-16(4)27-30(20)23-24-14(2)11-15(3)25-23/h6-12,19H,5,13H2,1-4H3,(H,26,31). The molecular formula is C23H25N7O3. The van der Waals surface area contributed by atoms with E-state index in [-0.39, 0.29) is 24.6 Å². The van der Waals surface area contributed by atoms with Crippen molar-refractivity contribution in [3.63, 3.8) is 0 Å². The highest BCUT2D eigenvalue weighted by molar-refractivity contribution is 6.38. The third kappa shape index (κ3) is 4.74. The Morgan fingerprint density at radius 3 is 2.42 bits per heavy atom. The minimum absolute atomic E-state index is 0.118. The number of carbonyl (C=O) groups is 2. The number of hydrogen-bond donors (Lipinski definition) is 1. The van der Waals surface area contributed by atoms with Crippen LogP contribution >= 0.6 is 0 Å². The highest BCUT2D eigenvalue weighted by Crippen LogP contribution is 2.26. The van der Waals surface area contributed by atoms with E-state index >= 15 is 0 Å². The highest BCUT2D eigenvalue weighted by Gasteiger charge is 2.37. The van der Waals surface area contributed by atoms with Gasteiger partial charge in [-0.25, -0.2) is 14.8 Å². The van der Waals surface area contributed by atoms with E-state index in [9.17, 15) is 9.59 Å². The van der Waals surface area contributed by atoms with Crippen LogP contribution in [0, 0.1) is 20.8 Å². The van der Waals surface area contributed by atoms with Gasteiger partial charge in [-0.3, -0.25) is 9.80 Å². The number of aryl methyl sites for hydroxylation is 3. The summed E-state index contributed by atoms with van der Waals surface area (Å²) < 4.78 is 6.60. The van der Waals surface area contributed by atoms with E-state index < -0.39 is 12.0 Å². The Kier molecular flexibility index (Phi) is 6.16. The second kappa shape index (κ2) is 9.19. The van der Waals surface area contributed by atoms with E-state index in [4.69, 9.17) is 4.74 Å². The number of aromatic nitrogens is 4. The number of rotatable bonds is 6. The van der Waals surface area contributed by atoms with Crippen LogP contribution in [-0.4, -0.2) is 50.0 Å². The second-order valence-corrected chi connectivity index (χ2v) is 7.69. The van der Waals surface area contributed by atoms with Crippen LogP contribution in [0.2, 0.25) is 0 Å². The quantitative estimate of drug-likeness (QED) is 0.578. The largest absolute Gasteiger partial charge is 0.461 e. The van der Waals surface area contributed by atoms with Crippen molar-refractivity contribution in [2.24, 2.45) is 5.10 Å². The van der Waals surface area contributed by atoms with Crippen LogP contribution in [0.5, 0.6) is 0 Å². The number of ether oxygens (including phenoxy) is 1. The molecule has 0 saturated carbocycles. The zero-order chi connectivity index (χ0) is 23.5. The maximum absolute atomic E-state index is 13.4. The van der Waals surface area contributed by atoms with Gasteiger partial charge in [-0.1, -0.05) is 18.2 Å². The third-order valence-electron chi connectivity index (χ3n) is 4.99. The molecule has 10 nitrogen and oxygen atoms in total. The van der Waals surface area contributed by atoms with Crippen LogP contribution in [0.15, 0.2) is 47.6 Å². The first-order chi connectivity index (χ1) is 15.9. The molecule has 3 heterocycles. The van der Waals surface area contributed by atoms with E-state index in [0.717, 1.165) is 11.4 Å². The molecule has 33 heavy (non-hydrogen) atoms. The highest BCUT2D eigenvalue weighted by atomic mass is 16.5. The summed E-state index contributed by atoms with van der Waals surface area (Å²) in [6.45, 7) is 7.52. The summed E-state index contributed by atoms with van der Waals surface area (Å²) in [5.74, 6) is -0.0727. The number of esters is 1. The molecule has 1 N–H and O–H groups in total. The fourth-order valence-corrected chi connectivity index (χ4v) is 3.62. The molecule has 3 aromatic rings. The van der Waals surface area contributed by atoms with Crippen molar-refractivity contribution in [3.05, 3.63) is 59.5 Å². The molecule has 0 radical (unpaired) electrons. The molecule has 1 atom stereocenters. The molecule has 1 aliphatic rings. The summed E-state index contributed by atoms with van der Waals surface area (Å²) in [5.41, 5.74) is 3.17. The summed E-state index contributed by atoms with van der Waals surface area (Å²) in [4.78, 5) is 34.6. The fourth-order valence-electron chi connectivity index (χ4n) is 3.62. The molecule has 10 heteroatoms. The van der Waals surface area contributed by atoms with Gasteiger partial charge in [-0.2, -0.15) is 14.9 Å². The summed E-state index contributed by atoms with van der Waals surface area (Å²) in [6.07, 6.45) is 0.118. The van der Waals surface area contributed by atoms with Crippen LogP contribution in [-0.2, 0) is 14.3 Å². The van der Waals surface area contributed by atoms with Crippen LogP contribution < -0.4 is 10.3 Å². The molecule has 0 saturated heterocycles. The van der Waals surface area contributed by atoms with Gasteiger partial charge in [0.2, 0.25) is 0 Å². The predicted molar refractivity (Wildman–Crippen MR) is 123 cm³/mol. The Morgan fingerprint density at radius 2 is 1.76 bits per heavy atom. The van der Waals surface area contributed by atoms with Crippen molar-refractivity contribution in [1.29, 1.82) is 0 Å². The van der Waals surface area contributed by atoms with E-state index in [2.05, 4.69) is 25.5 Å². The number of nitrogens with one attached hydrogen (secondary N) is 1. The smallest absolute Gasteiger partial charge is 0.354 e. The van der Waals surface area contributed by atoms with Gasteiger partial charge in [0.05, 0.1) is 18.0 Å². The molecule has 0 spiro atoms. The minimum atomic E-state index is -0.740. The maximum atomic E-state index is 13.4. The lowest BCUT2D eigenvalue weighted by Crippen LogP contribution is -2.39. The molecule has 1 aliphatic heterocycles. The van der Waals surface area contributed by atoms with E-state index in [1.54, 1.807) is 18.0 Å². The van der Waals surface area contributed by atoms with Gasteiger partial charge in [-0.05, 0) is 45.9 Å². The molecule has 0 fully saturated rings. The van der Waals surface area contributed by atoms with Crippen molar-refractivity contribution in [3.8, 4) is 5.95 Å². The molecule has 4 rings (SSSR count). The number of amides is 1. The van der Waals surface area contributed by atoms with Crippen molar-refractivity contribution in [1.82, 2.24) is 19.7 Å². The van der Waals surface area contributed by atoms with Gasteiger partial charge in [0.25, 0.3) is 11.9 Å². The molecule has 0 bridgehead atoms. The first-order valence-corrected chi connectivity index (χ1v) is 10.6. The number of hydrazone groups is 1. The number of nitrogens with zero attached hydrogens (tertiary/aromatic N) is 6. The van der Waals surface area contributed by atoms with Crippen LogP contribution in [0.25, 0.3) is 5.95 Å². The molecule has 1 unspecified atom stereocenters. The van der Waals surface area contributed by atoms with Crippen LogP contribution in [0.4, 0.5) is 11.5 Å². The maximum Gasteiger partial charge on any atom is 0.354 e. The number of para-hydroxylation sites is 1. The Balaban J connectivity index is 1.63. The fraction of sp³-hybridized carbons (Fsp3) is 0.304. The number of carbonyl (C=O) groups excluding carboxylic acids is 2. The van der Waals surface area contributed by atoms with Crippen LogP contribution in [0.1, 0.15) is 30.4 Å². The monoisotopic (exact) mass is 447 g/mol. The van der Waals surface area contributed by atoms with Crippen LogP contribution in [0.3, 0.4) is 0 Å². The van der Waals surface area contributed by atoms with Gasteiger partial charge < -0.3 is 10.1 Å². The SMILES string of the molecule is CCOC(=O)C1=NN(c2ccccc2)C(C(=O)Nc2cc(C)nn2-c2nc(C)cc(C)n2)C1. The lowest BCUT2D eigenvalue weighted by Gasteiger charge is -2.22. The normalized spacial score (nSPS) is 15.3. The summed E-state index contributed by atoms with van der Waals surface area (Å²) in [5, 5.41) is 13.3. The Morgan fingerprint density at radius 1 is 1.06 bits per heavy atom. The predicted octanol–water partition coefficient (Wildman–Crippen LogP) is 2.72. The summed E-state index contributed by atoms with van der Waals surface area (Å²) in [7, 11) is 0. The number of benzene rings is 1. The Bertz CT molecular complexity index is 1200. The topological polar surface area (TPSA) is 115 Å². The molecule has 1 amide bonds. The molecular weight excluding hydrogens is 422 g/mol. The first-order valence-electron chi connectivity index (χ1n) is 10.6. The van der Waals surface area contributed by atoms with Gasteiger partial charge >= 0.3 is 5.97 Å². The lowest BCUT2D eigenvalue weighted by molar-refractivity contribution is -0.135. The lowest BCUT2D eigenvalue weighted by atomic mass is 10.1. The number of hydrogen-bond acceptors (Lipinski definition) is 8. The van der Waals surface area contributed by atoms with Crippen molar-refractivity contribution in [2.45, 2.75) is 40.2 Å². The first kappa shape index (κ1) is 22.1. The zero-order valence-corrected chi connectivity index (χ0v) is 18.9. The zero-order valence-electron chi connectivity index (χ0n) is 18.9. The minimum Gasteiger partial charge on any atom is -0.461 e. The second-order valence-electron chi connectivity index (χ2n) is 7.69. The van der Waals surface area contributed by atoms with E-state index in [1.807, 2.05) is 57.2 Å². The van der Waals surface area contributed by atoms with Crippen molar-refractivity contribution in [2.75, 3.05) is 16.9 Å². The van der Waals surface area contributed by atoms with Gasteiger partial charge in [0.1, 0.15) is 17.6 Å². The number of anilines is 2. The summed E-state index contributed by atoms with van der Waals surface area (Å²) >= 11 is 0. The average Bonchev–Trinajstić information content (AvgIpc) is 3.38. The van der Waals surface area contributed by atoms with Gasteiger partial charge in [0.15, 0.2) is 0 Å². The van der Waals surface area contributed by atoms with Crippen molar-refractivity contribution >= 4 is 29.1 Å². The summed E-state index contributed by atoms with van der Waals surface area (Å²) in [6, 6.07) is 12.1. The van der Waals surface area contributed by atoms with Crippen molar-refractivity contribution < 1.29 is 14.3 Å².